The molecule has 1 atom stereocenters. The highest BCUT2D eigenvalue weighted by atomic mass is 16.2. The Bertz CT molecular complexity index is 622. The average Bonchev–Trinajstić information content (AvgIpc) is 3.18. The maximum Gasteiger partial charge on any atom is 0.251 e. The third-order valence-corrected chi connectivity index (χ3v) is 5.07. The first-order chi connectivity index (χ1) is 10.7. The molecule has 1 unspecified atom stereocenters. The number of benzene rings is 1. The van der Waals surface area contributed by atoms with E-state index in [2.05, 4.69) is 15.5 Å². The minimum Gasteiger partial charge on any atom is -0.358 e. The van der Waals surface area contributed by atoms with Crippen LogP contribution in [0.25, 0.3) is 0 Å². The molecule has 2 heterocycles. The van der Waals surface area contributed by atoms with Crippen LogP contribution in [0.3, 0.4) is 0 Å². The molecular weight excluding hydrogens is 278 g/mol. The number of carbonyl (C=O) groups excluding carboxylic acids is 2. The van der Waals surface area contributed by atoms with Crippen LogP contribution in [-0.4, -0.2) is 30.4 Å². The lowest BCUT2D eigenvalue weighted by Gasteiger charge is -2.33. The van der Waals surface area contributed by atoms with Crippen LogP contribution >= 0.6 is 0 Å². The maximum absolute atomic E-state index is 12.4. The van der Waals surface area contributed by atoms with Crippen molar-refractivity contribution in [2.45, 2.75) is 50.6 Å². The van der Waals surface area contributed by atoms with Gasteiger partial charge in [-0.15, -0.1) is 0 Å². The quantitative estimate of drug-likeness (QED) is 0.880. The molecule has 4 rings (SSSR count). The number of hydrogen-bond donors (Lipinski definition) is 2. The molecule has 1 aromatic carbocycles. The normalized spacial score (nSPS) is 23.9. The van der Waals surface area contributed by atoms with Gasteiger partial charge in [0.15, 0.2) is 0 Å². The number of fused-ring (bicyclic) bond motifs is 3. The molecule has 2 fully saturated rings. The summed E-state index contributed by atoms with van der Waals surface area (Å²) in [6.45, 7) is 0.915. The molecule has 5 heteroatoms. The number of nitrogens with zero attached hydrogens (tertiary/aromatic N) is 1. The van der Waals surface area contributed by atoms with Gasteiger partial charge >= 0.3 is 0 Å². The summed E-state index contributed by atoms with van der Waals surface area (Å²) in [4.78, 5) is 26.7. The van der Waals surface area contributed by atoms with E-state index in [1.54, 1.807) is 0 Å². The number of nitrogens with one attached hydrogen (secondary N) is 2. The Hall–Kier alpha value is -2.04. The minimum atomic E-state index is -0.0364. The van der Waals surface area contributed by atoms with Crippen molar-refractivity contribution in [2.24, 2.45) is 0 Å². The second-order valence-electron chi connectivity index (χ2n) is 6.53. The van der Waals surface area contributed by atoms with Gasteiger partial charge in [0.1, 0.15) is 6.04 Å². The highest BCUT2D eigenvalue weighted by Gasteiger charge is 2.36. The Morgan fingerprint density at radius 2 is 2.00 bits per heavy atom. The SMILES string of the molecule is O=C(NC1CCCC1)c1ccc2c(c1)NC(=O)C1CCCN21. The van der Waals surface area contributed by atoms with Crippen molar-refractivity contribution in [1.29, 1.82) is 0 Å². The Morgan fingerprint density at radius 3 is 2.82 bits per heavy atom. The molecule has 0 aromatic heterocycles. The summed E-state index contributed by atoms with van der Waals surface area (Å²) in [5, 5.41) is 6.05. The van der Waals surface area contributed by atoms with Gasteiger partial charge in [0, 0.05) is 18.2 Å². The molecule has 1 aliphatic carbocycles. The van der Waals surface area contributed by atoms with E-state index in [-0.39, 0.29) is 17.9 Å². The van der Waals surface area contributed by atoms with E-state index in [4.69, 9.17) is 0 Å². The molecule has 3 aliphatic rings. The molecule has 22 heavy (non-hydrogen) atoms. The third kappa shape index (κ3) is 2.25. The number of amides is 2. The molecule has 0 bridgehead atoms. The van der Waals surface area contributed by atoms with Gasteiger partial charge in [-0.3, -0.25) is 9.59 Å². The first-order valence-electron chi connectivity index (χ1n) is 8.25. The smallest absolute Gasteiger partial charge is 0.251 e. The van der Waals surface area contributed by atoms with Gasteiger partial charge in [-0.25, -0.2) is 0 Å². The van der Waals surface area contributed by atoms with Gasteiger partial charge in [-0.2, -0.15) is 0 Å². The number of hydrogen-bond acceptors (Lipinski definition) is 3. The van der Waals surface area contributed by atoms with Crippen LogP contribution in [-0.2, 0) is 4.79 Å². The van der Waals surface area contributed by atoms with Crippen LogP contribution in [0.2, 0.25) is 0 Å². The Morgan fingerprint density at radius 1 is 1.18 bits per heavy atom. The van der Waals surface area contributed by atoms with E-state index in [9.17, 15) is 9.59 Å². The molecule has 0 spiro atoms. The molecule has 1 saturated carbocycles. The highest BCUT2D eigenvalue weighted by Crippen LogP contribution is 2.37. The molecule has 116 valence electrons. The van der Waals surface area contributed by atoms with Gasteiger partial charge in [-0.05, 0) is 43.9 Å². The van der Waals surface area contributed by atoms with Gasteiger partial charge in [0.05, 0.1) is 11.4 Å². The number of anilines is 2. The standard InChI is InChI=1S/C17H21N3O2/c21-16(18-12-4-1-2-5-12)11-7-8-14-13(10-11)19-17(22)15-6-3-9-20(14)15/h7-8,10,12,15H,1-6,9H2,(H,18,21)(H,19,22). The summed E-state index contributed by atoms with van der Waals surface area (Å²) in [6, 6.07) is 5.92. The Labute approximate surface area is 130 Å². The van der Waals surface area contributed by atoms with E-state index >= 15 is 0 Å². The number of rotatable bonds is 2. The van der Waals surface area contributed by atoms with Crippen molar-refractivity contribution in [3.63, 3.8) is 0 Å². The topological polar surface area (TPSA) is 61.4 Å². The van der Waals surface area contributed by atoms with Crippen LogP contribution in [0, 0.1) is 0 Å². The Kier molecular flexibility index (Phi) is 3.28. The monoisotopic (exact) mass is 299 g/mol. The van der Waals surface area contributed by atoms with Gasteiger partial charge < -0.3 is 15.5 Å². The van der Waals surface area contributed by atoms with Crippen molar-refractivity contribution in [3.8, 4) is 0 Å². The second-order valence-corrected chi connectivity index (χ2v) is 6.53. The maximum atomic E-state index is 12.4. The summed E-state index contributed by atoms with van der Waals surface area (Å²) in [7, 11) is 0. The third-order valence-electron chi connectivity index (χ3n) is 5.07. The molecule has 2 N–H and O–H groups in total. The van der Waals surface area contributed by atoms with Crippen molar-refractivity contribution in [1.82, 2.24) is 5.32 Å². The molecule has 0 radical (unpaired) electrons. The lowest BCUT2D eigenvalue weighted by molar-refractivity contribution is -0.117. The second kappa shape index (κ2) is 5.30. The zero-order valence-corrected chi connectivity index (χ0v) is 12.6. The lowest BCUT2D eigenvalue weighted by atomic mass is 10.1. The fourth-order valence-electron chi connectivity index (χ4n) is 3.91. The summed E-state index contributed by atoms with van der Waals surface area (Å²) in [5.41, 5.74) is 2.44. The predicted octanol–water partition coefficient (Wildman–Crippen LogP) is 2.28. The number of carbonyl (C=O) groups is 2. The molecule has 2 aliphatic heterocycles. The first-order valence-corrected chi connectivity index (χ1v) is 8.25. The van der Waals surface area contributed by atoms with Crippen LogP contribution in [0.5, 0.6) is 0 Å². The zero-order chi connectivity index (χ0) is 15.1. The molecule has 5 nitrogen and oxygen atoms in total. The van der Waals surface area contributed by atoms with Crippen LogP contribution in [0.4, 0.5) is 11.4 Å². The van der Waals surface area contributed by atoms with E-state index in [0.29, 0.717) is 11.6 Å². The molecular formula is C17H21N3O2. The van der Waals surface area contributed by atoms with E-state index < -0.39 is 0 Å². The zero-order valence-electron chi connectivity index (χ0n) is 12.6. The van der Waals surface area contributed by atoms with Crippen LogP contribution < -0.4 is 15.5 Å². The lowest BCUT2D eigenvalue weighted by Crippen LogP contribution is -2.44. The highest BCUT2D eigenvalue weighted by molar-refractivity contribution is 6.06. The summed E-state index contributed by atoms with van der Waals surface area (Å²) in [6.07, 6.45) is 6.49. The van der Waals surface area contributed by atoms with Crippen molar-refractivity contribution in [2.75, 3.05) is 16.8 Å². The van der Waals surface area contributed by atoms with Crippen LogP contribution in [0.15, 0.2) is 18.2 Å². The first kappa shape index (κ1) is 13.6. The van der Waals surface area contributed by atoms with Gasteiger partial charge in [0.2, 0.25) is 5.91 Å². The summed E-state index contributed by atoms with van der Waals surface area (Å²) >= 11 is 0. The molecule has 1 saturated heterocycles. The van der Waals surface area contributed by atoms with E-state index in [1.807, 2.05) is 18.2 Å². The predicted molar refractivity (Wildman–Crippen MR) is 85.2 cm³/mol. The molecule has 1 aromatic rings. The van der Waals surface area contributed by atoms with Crippen molar-refractivity contribution >= 4 is 23.2 Å². The fourth-order valence-corrected chi connectivity index (χ4v) is 3.91. The van der Waals surface area contributed by atoms with Crippen molar-refractivity contribution < 1.29 is 9.59 Å². The minimum absolute atomic E-state index is 0.0347. The largest absolute Gasteiger partial charge is 0.358 e. The van der Waals surface area contributed by atoms with Crippen molar-refractivity contribution in [3.05, 3.63) is 23.8 Å². The van der Waals surface area contributed by atoms with Gasteiger partial charge in [-0.1, -0.05) is 12.8 Å². The van der Waals surface area contributed by atoms with Crippen LogP contribution in [0.1, 0.15) is 48.9 Å². The summed E-state index contributed by atoms with van der Waals surface area (Å²) < 4.78 is 0. The van der Waals surface area contributed by atoms with Gasteiger partial charge in [0.25, 0.3) is 5.91 Å². The van der Waals surface area contributed by atoms with E-state index in [1.165, 1.54) is 12.8 Å². The Balaban J connectivity index is 1.57. The molecule has 2 amide bonds. The van der Waals surface area contributed by atoms with E-state index in [0.717, 1.165) is 43.6 Å². The average molecular weight is 299 g/mol. The fraction of sp³-hybridized carbons (Fsp3) is 0.529. The summed E-state index contributed by atoms with van der Waals surface area (Å²) in [5.74, 6) is 0.0193.